The number of rotatable bonds is 6. The van der Waals surface area contributed by atoms with Gasteiger partial charge in [0.2, 0.25) is 5.82 Å². The van der Waals surface area contributed by atoms with E-state index in [4.69, 9.17) is 4.42 Å². The van der Waals surface area contributed by atoms with Crippen LogP contribution in [0.2, 0.25) is 0 Å². The van der Waals surface area contributed by atoms with E-state index < -0.39 is 0 Å². The van der Waals surface area contributed by atoms with Gasteiger partial charge in [0, 0.05) is 5.92 Å². The van der Waals surface area contributed by atoms with Crippen molar-refractivity contribution >= 4 is 23.3 Å². The van der Waals surface area contributed by atoms with E-state index in [1.807, 2.05) is 30.3 Å². The van der Waals surface area contributed by atoms with Crippen molar-refractivity contribution in [3.8, 4) is 11.6 Å². The van der Waals surface area contributed by atoms with Crippen LogP contribution in [0, 0.1) is 0 Å². The Labute approximate surface area is 159 Å². The summed E-state index contributed by atoms with van der Waals surface area (Å²) in [6, 6.07) is 14.0. The van der Waals surface area contributed by atoms with Gasteiger partial charge in [-0.05, 0) is 41.0 Å². The molecule has 0 N–H and O–H groups in total. The first-order valence-electron chi connectivity index (χ1n) is 8.23. The summed E-state index contributed by atoms with van der Waals surface area (Å²) in [6.07, 6.45) is 1.64. The maximum atomic E-state index is 5.54. The number of nitrogens with zero attached hydrogens (tertiary/aromatic N) is 5. The third-order valence-corrected chi connectivity index (χ3v) is 5.51. The molecule has 0 atom stereocenters. The number of benzene rings is 1. The number of hydrogen-bond acceptors (Lipinski definition) is 7. The molecular formula is C18H17N5OS2. The van der Waals surface area contributed by atoms with Gasteiger partial charge in [0.05, 0.1) is 12.8 Å². The van der Waals surface area contributed by atoms with Gasteiger partial charge in [-0.1, -0.05) is 44.2 Å². The molecule has 0 fully saturated rings. The van der Waals surface area contributed by atoms with E-state index in [-0.39, 0.29) is 0 Å². The topological polar surface area (TPSA) is 69.6 Å². The fraction of sp³-hybridized carbons (Fsp3) is 0.222. The van der Waals surface area contributed by atoms with E-state index in [1.165, 1.54) is 28.9 Å². The Hall–Kier alpha value is -2.45. The smallest absolute Gasteiger partial charge is 0.200 e. The van der Waals surface area contributed by atoms with Gasteiger partial charge in [0.15, 0.2) is 15.3 Å². The quantitative estimate of drug-likeness (QED) is 0.480. The van der Waals surface area contributed by atoms with E-state index in [9.17, 15) is 0 Å². The molecule has 132 valence electrons. The van der Waals surface area contributed by atoms with Crippen LogP contribution in [-0.4, -0.2) is 24.1 Å². The van der Waals surface area contributed by atoms with Crippen LogP contribution in [0.3, 0.4) is 0 Å². The van der Waals surface area contributed by atoms with Crippen LogP contribution in [0.15, 0.2) is 62.6 Å². The van der Waals surface area contributed by atoms with E-state index in [2.05, 4.69) is 50.1 Å². The van der Waals surface area contributed by atoms with Crippen molar-refractivity contribution in [3.63, 3.8) is 0 Å². The minimum Gasteiger partial charge on any atom is -0.461 e. The molecule has 4 aromatic rings. The summed E-state index contributed by atoms with van der Waals surface area (Å²) in [7, 11) is 0. The summed E-state index contributed by atoms with van der Waals surface area (Å²) in [5.74, 6) is 2.56. The van der Waals surface area contributed by atoms with Gasteiger partial charge in [-0.15, -0.1) is 10.2 Å². The first-order chi connectivity index (χ1) is 12.7. The molecule has 0 spiro atoms. The highest BCUT2D eigenvalue weighted by Gasteiger charge is 2.19. The van der Waals surface area contributed by atoms with Crippen LogP contribution in [-0.2, 0) is 6.54 Å². The van der Waals surface area contributed by atoms with Crippen LogP contribution in [0.1, 0.15) is 31.2 Å². The normalized spacial score (nSPS) is 11.3. The van der Waals surface area contributed by atoms with Gasteiger partial charge >= 0.3 is 0 Å². The molecule has 0 radical (unpaired) electrons. The molecule has 0 amide bonds. The van der Waals surface area contributed by atoms with E-state index in [1.54, 1.807) is 6.26 Å². The molecule has 0 saturated heterocycles. The van der Waals surface area contributed by atoms with Crippen molar-refractivity contribution in [3.05, 3.63) is 60.1 Å². The fourth-order valence-corrected chi connectivity index (χ4v) is 4.12. The third-order valence-electron chi connectivity index (χ3n) is 3.76. The summed E-state index contributed by atoms with van der Waals surface area (Å²) in [5, 5.41) is 9.49. The Bertz CT molecular complexity index is 976. The molecule has 0 aliphatic carbocycles. The number of furan rings is 1. The van der Waals surface area contributed by atoms with Gasteiger partial charge < -0.3 is 4.42 Å². The van der Waals surface area contributed by atoms with Crippen LogP contribution < -0.4 is 0 Å². The highest BCUT2D eigenvalue weighted by Crippen LogP contribution is 2.32. The van der Waals surface area contributed by atoms with E-state index in [0.29, 0.717) is 24.0 Å². The van der Waals surface area contributed by atoms with Crippen LogP contribution in [0.4, 0.5) is 0 Å². The molecule has 0 bridgehead atoms. The van der Waals surface area contributed by atoms with Gasteiger partial charge in [-0.2, -0.15) is 4.37 Å². The van der Waals surface area contributed by atoms with Crippen LogP contribution in [0.5, 0.6) is 0 Å². The molecule has 8 heteroatoms. The Morgan fingerprint density at radius 3 is 2.65 bits per heavy atom. The predicted molar refractivity (Wildman–Crippen MR) is 101 cm³/mol. The average Bonchev–Trinajstić information content (AvgIpc) is 3.38. The van der Waals surface area contributed by atoms with Crippen LogP contribution >= 0.6 is 23.3 Å². The molecular weight excluding hydrogens is 366 g/mol. The lowest BCUT2D eigenvalue weighted by molar-refractivity contribution is 0.569. The summed E-state index contributed by atoms with van der Waals surface area (Å²) >= 11 is 2.87. The predicted octanol–water partition coefficient (Wildman–Crippen LogP) is 4.71. The lowest BCUT2D eigenvalue weighted by Gasteiger charge is -2.08. The summed E-state index contributed by atoms with van der Waals surface area (Å²) in [5.41, 5.74) is 1.17. The third kappa shape index (κ3) is 3.56. The molecule has 3 heterocycles. The molecule has 0 saturated carbocycles. The first kappa shape index (κ1) is 17.0. The maximum absolute atomic E-state index is 5.54. The summed E-state index contributed by atoms with van der Waals surface area (Å²) in [6.45, 7) is 4.83. The van der Waals surface area contributed by atoms with Gasteiger partial charge in [0.1, 0.15) is 5.82 Å². The lowest BCUT2D eigenvalue weighted by Crippen LogP contribution is -2.03. The standard InChI is InChI=1S/C18H17N5OS2/c1-12(2)15-19-18(26-22-15)25-17-21-20-16(14-9-6-10-24-14)23(17)11-13-7-4-3-5-8-13/h3-10,12H,11H2,1-2H3. The van der Waals surface area contributed by atoms with Gasteiger partial charge in [-0.25, -0.2) is 4.98 Å². The van der Waals surface area contributed by atoms with E-state index >= 15 is 0 Å². The second-order valence-corrected chi connectivity index (χ2v) is 8.00. The van der Waals surface area contributed by atoms with Gasteiger partial charge in [0.25, 0.3) is 0 Å². The summed E-state index contributed by atoms with van der Waals surface area (Å²) in [4.78, 5) is 4.59. The molecule has 3 aromatic heterocycles. The van der Waals surface area contributed by atoms with E-state index in [0.717, 1.165) is 15.3 Å². The van der Waals surface area contributed by atoms with Crippen molar-refractivity contribution in [1.29, 1.82) is 0 Å². The largest absolute Gasteiger partial charge is 0.461 e. The molecule has 4 rings (SSSR count). The zero-order chi connectivity index (χ0) is 17.9. The van der Waals surface area contributed by atoms with Crippen molar-refractivity contribution in [2.45, 2.75) is 35.8 Å². The van der Waals surface area contributed by atoms with Gasteiger partial charge in [-0.3, -0.25) is 4.57 Å². The second kappa shape index (κ2) is 7.43. The van der Waals surface area contributed by atoms with Crippen molar-refractivity contribution in [2.75, 3.05) is 0 Å². The van der Waals surface area contributed by atoms with Crippen molar-refractivity contribution in [1.82, 2.24) is 24.1 Å². The fourth-order valence-electron chi connectivity index (χ4n) is 2.44. The molecule has 0 unspecified atom stereocenters. The number of hydrogen-bond donors (Lipinski definition) is 0. The zero-order valence-corrected chi connectivity index (χ0v) is 16.0. The Morgan fingerprint density at radius 1 is 1.12 bits per heavy atom. The van der Waals surface area contributed by atoms with Crippen molar-refractivity contribution in [2.24, 2.45) is 0 Å². The Kier molecular flexibility index (Phi) is 4.85. The highest BCUT2D eigenvalue weighted by atomic mass is 32.2. The number of aromatic nitrogens is 5. The molecule has 26 heavy (non-hydrogen) atoms. The lowest BCUT2D eigenvalue weighted by atomic mass is 10.2. The maximum Gasteiger partial charge on any atom is 0.200 e. The molecule has 0 aliphatic rings. The minimum atomic E-state index is 0.307. The monoisotopic (exact) mass is 383 g/mol. The second-order valence-electron chi connectivity index (χ2n) is 6.03. The highest BCUT2D eigenvalue weighted by molar-refractivity contribution is 8.00. The first-order valence-corrected chi connectivity index (χ1v) is 9.82. The zero-order valence-electron chi connectivity index (χ0n) is 14.4. The van der Waals surface area contributed by atoms with Crippen LogP contribution in [0.25, 0.3) is 11.6 Å². The summed E-state index contributed by atoms with van der Waals surface area (Å²) < 4.78 is 12.9. The SMILES string of the molecule is CC(C)c1nsc(Sc2nnc(-c3ccco3)n2Cc2ccccc2)n1. The van der Waals surface area contributed by atoms with Crippen molar-refractivity contribution < 1.29 is 4.42 Å². The average molecular weight is 384 g/mol. The minimum absolute atomic E-state index is 0.307. The molecule has 6 nitrogen and oxygen atoms in total. The Morgan fingerprint density at radius 2 is 1.96 bits per heavy atom. The molecule has 1 aromatic carbocycles. The Balaban J connectivity index is 1.69. The molecule has 0 aliphatic heterocycles.